The standard InChI is InChI=1S/C13H15BrN4O3/c1-17(2)18-11(19)7-10(13(18)21)15-16-12(20)8-5-3-4-6-9(8)14/h3-6,10,15H,7H2,1-2H3,(H,16,20). The molecule has 0 spiro atoms. The molecule has 8 heteroatoms. The second-order valence-electron chi connectivity index (χ2n) is 4.73. The third-order valence-corrected chi connectivity index (χ3v) is 3.69. The highest BCUT2D eigenvalue weighted by molar-refractivity contribution is 9.10. The summed E-state index contributed by atoms with van der Waals surface area (Å²) in [6.45, 7) is 0. The first-order valence-corrected chi connectivity index (χ1v) is 7.05. The van der Waals surface area contributed by atoms with Gasteiger partial charge in [0.2, 0.25) is 5.91 Å². The molecule has 0 saturated carbocycles. The van der Waals surface area contributed by atoms with E-state index >= 15 is 0 Å². The number of nitrogens with zero attached hydrogens (tertiary/aromatic N) is 2. The summed E-state index contributed by atoms with van der Waals surface area (Å²) >= 11 is 3.28. The van der Waals surface area contributed by atoms with Crippen molar-refractivity contribution in [2.75, 3.05) is 14.1 Å². The molecule has 1 saturated heterocycles. The monoisotopic (exact) mass is 354 g/mol. The Balaban J connectivity index is 1.98. The van der Waals surface area contributed by atoms with Gasteiger partial charge in [-0.2, -0.15) is 0 Å². The van der Waals surface area contributed by atoms with Gasteiger partial charge in [0, 0.05) is 18.6 Å². The SMILES string of the molecule is CN(C)N1C(=O)CC(NNC(=O)c2ccccc2Br)C1=O. The van der Waals surface area contributed by atoms with Crippen LogP contribution in [-0.4, -0.2) is 47.9 Å². The van der Waals surface area contributed by atoms with Gasteiger partial charge in [-0.3, -0.25) is 19.8 Å². The van der Waals surface area contributed by atoms with Crippen LogP contribution in [0.2, 0.25) is 0 Å². The molecular weight excluding hydrogens is 340 g/mol. The minimum atomic E-state index is -0.758. The maximum atomic E-state index is 12.0. The Bertz CT molecular complexity index is 591. The Labute approximate surface area is 130 Å². The zero-order valence-electron chi connectivity index (χ0n) is 11.6. The van der Waals surface area contributed by atoms with E-state index in [0.29, 0.717) is 10.0 Å². The van der Waals surface area contributed by atoms with E-state index in [4.69, 9.17) is 0 Å². The number of hydrazine groups is 2. The van der Waals surface area contributed by atoms with Crippen LogP contribution in [-0.2, 0) is 9.59 Å². The third kappa shape index (κ3) is 3.29. The van der Waals surface area contributed by atoms with Crippen LogP contribution in [0.5, 0.6) is 0 Å². The van der Waals surface area contributed by atoms with Crippen LogP contribution in [0.4, 0.5) is 0 Å². The molecule has 0 aromatic heterocycles. The number of amides is 3. The van der Waals surface area contributed by atoms with Gasteiger partial charge in [-0.15, -0.1) is 0 Å². The van der Waals surface area contributed by atoms with E-state index in [1.54, 1.807) is 38.4 Å². The highest BCUT2D eigenvalue weighted by atomic mass is 79.9. The Morgan fingerprint density at radius 3 is 2.57 bits per heavy atom. The Hall–Kier alpha value is -1.77. The number of hydrogen-bond acceptors (Lipinski definition) is 5. The Morgan fingerprint density at radius 2 is 2.00 bits per heavy atom. The minimum Gasteiger partial charge on any atom is -0.287 e. The second-order valence-corrected chi connectivity index (χ2v) is 5.58. The maximum Gasteiger partial charge on any atom is 0.266 e. The molecule has 2 N–H and O–H groups in total. The summed E-state index contributed by atoms with van der Waals surface area (Å²) in [4.78, 5) is 35.7. The van der Waals surface area contributed by atoms with E-state index in [0.717, 1.165) is 5.01 Å². The summed E-state index contributed by atoms with van der Waals surface area (Å²) in [7, 11) is 3.22. The van der Waals surface area contributed by atoms with Gasteiger partial charge in [0.05, 0.1) is 12.0 Å². The topological polar surface area (TPSA) is 81.8 Å². The van der Waals surface area contributed by atoms with Crippen molar-refractivity contribution in [3.05, 3.63) is 34.3 Å². The number of carbonyl (C=O) groups excluding carboxylic acids is 3. The lowest BCUT2D eigenvalue weighted by molar-refractivity contribution is -0.153. The molecule has 0 bridgehead atoms. The first-order valence-electron chi connectivity index (χ1n) is 6.26. The quantitative estimate of drug-likeness (QED) is 0.599. The van der Waals surface area contributed by atoms with Crippen molar-refractivity contribution in [1.82, 2.24) is 20.9 Å². The van der Waals surface area contributed by atoms with E-state index in [-0.39, 0.29) is 18.2 Å². The highest BCUT2D eigenvalue weighted by Crippen LogP contribution is 2.16. The van der Waals surface area contributed by atoms with E-state index < -0.39 is 11.9 Å². The maximum absolute atomic E-state index is 12.0. The molecule has 3 amide bonds. The number of rotatable bonds is 4. The Kier molecular flexibility index (Phi) is 4.71. The number of carbonyl (C=O) groups is 3. The van der Waals surface area contributed by atoms with E-state index in [1.165, 1.54) is 5.01 Å². The first kappa shape index (κ1) is 15.6. The number of nitrogens with one attached hydrogen (secondary N) is 2. The van der Waals surface area contributed by atoms with E-state index in [9.17, 15) is 14.4 Å². The molecule has 1 unspecified atom stereocenters. The van der Waals surface area contributed by atoms with Crippen molar-refractivity contribution in [2.24, 2.45) is 0 Å². The lowest BCUT2D eigenvalue weighted by Gasteiger charge is -2.21. The van der Waals surface area contributed by atoms with Crippen LogP contribution >= 0.6 is 15.9 Å². The molecule has 7 nitrogen and oxygen atoms in total. The lowest BCUT2D eigenvalue weighted by atomic mass is 10.2. The summed E-state index contributed by atoms with van der Waals surface area (Å²) in [5.74, 6) is -1.08. The predicted molar refractivity (Wildman–Crippen MR) is 78.7 cm³/mol. The second kappa shape index (κ2) is 6.33. The zero-order chi connectivity index (χ0) is 15.6. The molecule has 112 valence electrons. The Morgan fingerprint density at radius 1 is 1.33 bits per heavy atom. The normalized spacial score (nSPS) is 18.5. The van der Waals surface area contributed by atoms with Crippen molar-refractivity contribution in [3.8, 4) is 0 Å². The van der Waals surface area contributed by atoms with Gasteiger partial charge in [-0.05, 0) is 28.1 Å². The van der Waals surface area contributed by atoms with Crippen LogP contribution in [0, 0.1) is 0 Å². The molecule has 2 rings (SSSR count). The first-order chi connectivity index (χ1) is 9.91. The van der Waals surface area contributed by atoms with Gasteiger partial charge < -0.3 is 0 Å². The molecular formula is C13H15BrN4O3. The smallest absolute Gasteiger partial charge is 0.266 e. The molecule has 0 aliphatic carbocycles. The highest BCUT2D eigenvalue weighted by Gasteiger charge is 2.40. The van der Waals surface area contributed by atoms with Gasteiger partial charge >= 0.3 is 0 Å². The molecule has 1 atom stereocenters. The lowest BCUT2D eigenvalue weighted by Crippen LogP contribution is -2.50. The van der Waals surface area contributed by atoms with E-state index in [2.05, 4.69) is 26.8 Å². The number of hydrogen-bond donors (Lipinski definition) is 2. The van der Waals surface area contributed by atoms with Crippen LogP contribution in [0.3, 0.4) is 0 Å². The zero-order valence-corrected chi connectivity index (χ0v) is 13.2. The third-order valence-electron chi connectivity index (χ3n) is 3.00. The number of benzene rings is 1. The molecule has 1 aromatic rings. The molecule has 1 aliphatic rings. The fraction of sp³-hybridized carbons (Fsp3) is 0.308. The van der Waals surface area contributed by atoms with Crippen LogP contribution in [0.15, 0.2) is 28.7 Å². The predicted octanol–water partition coefficient (Wildman–Crippen LogP) is 0.288. The molecule has 0 radical (unpaired) electrons. The van der Waals surface area contributed by atoms with Gasteiger partial charge in [0.15, 0.2) is 0 Å². The van der Waals surface area contributed by atoms with Crippen LogP contribution < -0.4 is 10.9 Å². The van der Waals surface area contributed by atoms with Gasteiger partial charge in [-0.25, -0.2) is 15.4 Å². The average molecular weight is 355 g/mol. The van der Waals surface area contributed by atoms with Crippen molar-refractivity contribution in [3.63, 3.8) is 0 Å². The van der Waals surface area contributed by atoms with Gasteiger partial charge in [-0.1, -0.05) is 12.1 Å². The largest absolute Gasteiger partial charge is 0.287 e. The van der Waals surface area contributed by atoms with Crippen molar-refractivity contribution in [1.29, 1.82) is 0 Å². The van der Waals surface area contributed by atoms with Crippen molar-refractivity contribution in [2.45, 2.75) is 12.5 Å². The summed E-state index contributed by atoms with van der Waals surface area (Å²) < 4.78 is 0.646. The summed E-state index contributed by atoms with van der Waals surface area (Å²) in [6.07, 6.45) is 0.00720. The summed E-state index contributed by atoms with van der Waals surface area (Å²) in [6, 6.07) is 6.16. The summed E-state index contributed by atoms with van der Waals surface area (Å²) in [5, 5.41) is 2.46. The molecule has 1 heterocycles. The fourth-order valence-corrected chi connectivity index (χ4v) is 2.48. The van der Waals surface area contributed by atoms with E-state index in [1.807, 2.05) is 0 Å². The average Bonchev–Trinajstić information content (AvgIpc) is 2.71. The van der Waals surface area contributed by atoms with Crippen LogP contribution in [0.25, 0.3) is 0 Å². The summed E-state index contributed by atoms with van der Waals surface area (Å²) in [5.41, 5.74) is 5.50. The van der Waals surface area contributed by atoms with Crippen LogP contribution in [0.1, 0.15) is 16.8 Å². The van der Waals surface area contributed by atoms with Gasteiger partial charge in [0.1, 0.15) is 6.04 Å². The van der Waals surface area contributed by atoms with Crippen molar-refractivity contribution < 1.29 is 14.4 Å². The molecule has 1 aliphatic heterocycles. The van der Waals surface area contributed by atoms with Crippen molar-refractivity contribution >= 4 is 33.7 Å². The molecule has 1 fully saturated rings. The fourth-order valence-electron chi connectivity index (χ4n) is 2.02. The van der Waals surface area contributed by atoms with Gasteiger partial charge in [0.25, 0.3) is 11.8 Å². The molecule has 1 aromatic carbocycles. The minimum absolute atomic E-state index is 0.00720. The number of imide groups is 1. The molecule has 21 heavy (non-hydrogen) atoms. The number of halogens is 1.